The first-order valence-corrected chi connectivity index (χ1v) is 19.1. The van der Waals surface area contributed by atoms with Crippen LogP contribution >= 0.6 is 0 Å². The van der Waals surface area contributed by atoms with E-state index in [1.165, 1.54) is 97.1 Å². The monoisotopic (exact) mass is 938 g/mol. The molecule has 0 bridgehead atoms. The van der Waals surface area contributed by atoms with Crippen molar-refractivity contribution < 1.29 is 46.0 Å². The van der Waals surface area contributed by atoms with E-state index in [4.69, 9.17) is 0 Å². The van der Waals surface area contributed by atoms with Gasteiger partial charge in [0.15, 0.2) is 0 Å². The van der Waals surface area contributed by atoms with Gasteiger partial charge in [-0.05, 0) is 73.5 Å². The predicted octanol–water partition coefficient (Wildman–Crippen LogP) is 8.29. The molecule has 6 aromatic rings. The Morgan fingerprint density at radius 2 is 0.912 bits per heavy atom. The van der Waals surface area contributed by atoms with E-state index < -0.39 is 39.9 Å². The van der Waals surface area contributed by atoms with Crippen LogP contribution < -0.4 is 0 Å². The van der Waals surface area contributed by atoms with E-state index in [1.807, 2.05) is 0 Å². The number of aromatic hydroxyl groups is 2. The molecule has 0 aliphatic rings. The Morgan fingerprint density at radius 3 is 1.23 bits per heavy atom. The van der Waals surface area contributed by atoms with E-state index in [9.17, 15) is 56.4 Å². The molecule has 57 heavy (non-hydrogen) atoms. The van der Waals surface area contributed by atoms with Crippen molar-refractivity contribution in [1.82, 2.24) is 0 Å². The number of hydrogen-bond donors (Lipinski definition) is 2. The van der Waals surface area contributed by atoms with E-state index >= 15 is 0 Å². The third-order valence-electron chi connectivity index (χ3n) is 8.29. The van der Waals surface area contributed by atoms with Gasteiger partial charge in [-0.25, -0.2) is 16.8 Å². The Bertz CT molecular complexity index is 2640. The molecular weight excluding hydrogens is 910 g/mol. The van der Waals surface area contributed by atoms with Gasteiger partial charge in [-0.3, -0.25) is 20.2 Å². The van der Waals surface area contributed by atoms with Crippen LogP contribution in [-0.2, 0) is 33.1 Å². The number of nitrogens with zero attached hydrogens (tertiary/aromatic N) is 6. The quantitative estimate of drug-likeness (QED) is 0.0431. The van der Waals surface area contributed by atoms with Crippen LogP contribution in [-0.4, -0.2) is 94.9 Å². The molecule has 2 N–H and O–H groups in total. The number of phenolic OH excluding ortho intramolecular Hbond substituents is 2. The zero-order valence-corrected chi connectivity index (χ0v) is 35.9. The number of rotatable bonds is 10. The van der Waals surface area contributed by atoms with Crippen molar-refractivity contribution >= 4 is 125 Å². The second-order valence-corrected chi connectivity index (χ2v) is 14.4. The Morgan fingerprint density at radius 1 is 0.544 bits per heavy atom. The maximum Gasteiger partial charge on any atom is 2.00 e. The van der Waals surface area contributed by atoms with Crippen molar-refractivity contribution in [2.24, 2.45) is 20.5 Å². The molecule has 0 spiro atoms. The number of fused-ring (bicyclic) bond motifs is 2. The zero-order valence-electron chi connectivity index (χ0n) is 29.8. The number of aryl methyl sites for hydroxylation is 2. The summed E-state index contributed by atoms with van der Waals surface area (Å²) in [5.74, 6) is -0.511. The molecule has 0 radical (unpaired) electrons. The molecule has 6 aromatic carbocycles. The summed E-state index contributed by atoms with van der Waals surface area (Å²) in [6.07, 6.45) is 0.841. The molecule has 0 aromatic heterocycles. The molecule has 0 aliphatic carbocycles. The summed E-state index contributed by atoms with van der Waals surface area (Å²) in [4.78, 5) is 20.2. The maximum absolute atomic E-state index is 11.5. The first-order chi connectivity index (χ1) is 26.4. The van der Waals surface area contributed by atoms with Crippen molar-refractivity contribution in [3.8, 4) is 11.5 Å². The number of azo groups is 2. The molecule has 0 fully saturated rings. The molecule has 0 saturated carbocycles. The zero-order chi connectivity index (χ0) is 40.9. The van der Waals surface area contributed by atoms with Gasteiger partial charge < -0.3 is 19.3 Å². The van der Waals surface area contributed by atoms with E-state index in [-0.39, 0.29) is 105 Å². The largest absolute Gasteiger partial charge is 2.00 e. The smallest absolute Gasteiger partial charge is 0.744 e. The van der Waals surface area contributed by atoms with Gasteiger partial charge in [0.2, 0.25) is 0 Å². The fourth-order valence-corrected chi connectivity index (χ4v) is 7.04. The number of benzene rings is 6. The first-order valence-electron chi connectivity index (χ1n) is 16.2. The van der Waals surface area contributed by atoms with Crippen LogP contribution in [0.5, 0.6) is 11.5 Å². The van der Waals surface area contributed by atoms with Gasteiger partial charge in [0.25, 0.3) is 11.4 Å². The fraction of sp³-hybridized carbons (Fsp3) is 0.111. The molecule has 0 atom stereocenters. The predicted molar refractivity (Wildman–Crippen MR) is 206 cm³/mol. The molecule has 0 saturated heterocycles. The minimum absolute atomic E-state index is 0. The van der Waals surface area contributed by atoms with Crippen LogP contribution in [0.2, 0.25) is 0 Å². The second kappa shape index (κ2) is 18.4. The summed E-state index contributed by atoms with van der Waals surface area (Å²) >= 11 is 0. The molecule has 288 valence electrons. The summed E-state index contributed by atoms with van der Waals surface area (Å²) in [5, 5.41) is 59.0. The number of phenols is 2. The average Bonchev–Trinajstić information content (AvgIpc) is 3.15. The van der Waals surface area contributed by atoms with Gasteiger partial charge in [0.05, 0.1) is 31.0 Å². The normalized spacial score (nSPS) is 11.7. The first kappa shape index (κ1) is 44.5. The minimum atomic E-state index is -4.72. The SMILES string of the molecule is CCc1cc(N=Nc2c(O)ccc3c(S(=O)(=O)[O-])cccc23)ccc1[N+](=O)[O-].CCc1cc(N=Nc2c(O)ccc3c(S(=O)(=O)[O-])cccc23)ccc1[N+](=O)[O-].[Ba+2]. The van der Waals surface area contributed by atoms with Crippen LogP contribution in [0.3, 0.4) is 0 Å². The van der Waals surface area contributed by atoms with Gasteiger partial charge in [-0.1, -0.05) is 38.1 Å². The number of nitro groups is 2. The molecule has 0 aliphatic heterocycles. The topological polar surface area (TPSA) is 291 Å². The Hall–Kier alpha value is -5.17. The second-order valence-electron chi connectivity index (χ2n) is 11.7. The fourth-order valence-electron chi connectivity index (χ4n) is 5.66. The minimum Gasteiger partial charge on any atom is -0.744 e. The van der Waals surface area contributed by atoms with E-state index in [2.05, 4.69) is 20.5 Å². The van der Waals surface area contributed by atoms with Crippen molar-refractivity contribution in [3.05, 3.63) is 128 Å². The third-order valence-corrected chi connectivity index (χ3v) is 10.1. The number of nitro benzene ring substituents is 2. The summed E-state index contributed by atoms with van der Waals surface area (Å²) in [7, 11) is -9.43. The average molecular weight is 938 g/mol. The summed E-state index contributed by atoms with van der Waals surface area (Å²) in [5.41, 5.74) is 1.52. The summed E-state index contributed by atoms with van der Waals surface area (Å²) < 4.78 is 68.7. The number of hydrogen-bond acceptors (Lipinski definition) is 16. The van der Waals surface area contributed by atoms with Crippen molar-refractivity contribution in [2.75, 3.05) is 0 Å². The van der Waals surface area contributed by atoms with Crippen molar-refractivity contribution in [3.63, 3.8) is 0 Å². The maximum atomic E-state index is 11.5. The molecule has 6 rings (SSSR count). The van der Waals surface area contributed by atoms with Crippen LogP contribution in [0.1, 0.15) is 25.0 Å². The van der Waals surface area contributed by atoms with Crippen molar-refractivity contribution in [2.45, 2.75) is 36.5 Å². The van der Waals surface area contributed by atoms with Gasteiger partial charge in [0.1, 0.15) is 43.1 Å². The van der Waals surface area contributed by atoms with Gasteiger partial charge >= 0.3 is 48.9 Å². The molecule has 21 heteroatoms. The molecule has 18 nitrogen and oxygen atoms in total. The van der Waals surface area contributed by atoms with E-state index in [0.717, 1.165) is 0 Å². The van der Waals surface area contributed by atoms with Gasteiger partial charge in [-0.15, -0.1) is 10.2 Å². The molecule has 0 unspecified atom stereocenters. The van der Waals surface area contributed by atoms with Crippen molar-refractivity contribution in [1.29, 1.82) is 0 Å². The summed E-state index contributed by atoms with van der Waals surface area (Å²) in [6, 6.07) is 21.6. The Balaban J connectivity index is 0.000000248. The van der Waals surface area contributed by atoms with Gasteiger partial charge in [0, 0.05) is 44.8 Å². The van der Waals surface area contributed by atoms with E-state index in [0.29, 0.717) is 35.3 Å². The third kappa shape index (κ3) is 10.2. The van der Waals surface area contributed by atoms with E-state index in [1.54, 1.807) is 13.8 Å². The van der Waals surface area contributed by atoms with Gasteiger partial charge in [-0.2, -0.15) is 10.2 Å². The molecule has 0 amide bonds. The standard InChI is InChI=1S/2C18H15N3O6S.Ba/c2*1-2-11-10-12(6-8-15(11)21(23)24)19-20-18-14-4-3-5-17(28(25,26)27)13(14)7-9-16(18)22;/h2*3-10,22H,2H2,1H3,(H,25,26,27);/q;;+2/p-2. The summed E-state index contributed by atoms with van der Waals surface area (Å²) in [6.45, 7) is 3.54. The molecular formula is C36H28BaN6O12S2. The Labute approximate surface area is 364 Å². The molecule has 0 heterocycles. The van der Waals surface area contributed by atoms with Crippen LogP contribution in [0.15, 0.2) is 127 Å². The van der Waals surface area contributed by atoms with Crippen LogP contribution in [0.25, 0.3) is 21.5 Å². The van der Waals surface area contributed by atoms with Crippen LogP contribution in [0.4, 0.5) is 34.1 Å². The Kier molecular flexibility index (Phi) is 14.4. The van der Waals surface area contributed by atoms with Crippen LogP contribution in [0, 0.1) is 20.2 Å².